The molecule has 4 N–H and O–H groups in total. The fraction of sp³-hybridized carbons (Fsp3) is 0.0769. The molecular formula is C13H11FN6OS. The number of hydrogen-bond acceptors (Lipinski definition) is 8. The van der Waals surface area contributed by atoms with Crippen LogP contribution in [0.3, 0.4) is 0 Å². The molecule has 3 aromatic rings. The van der Waals surface area contributed by atoms with Crippen LogP contribution >= 0.6 is 11.8 Å². The van der Waals surface area contributed by atoms with E-state index in [0.717, 1.165) is 0 Å². The van der Waals surface area contributed by atoms with E-state index in [0.29, 0.717) is 39.8 Å². The van der Waals surface area contributed by atoms with Crippen molar-refractivity contribution in [2.45, 2.75) is 10.9 Å². The monoisotopic (exact) mass is 318 g/mol. The van der Waals surface area contributed by atoms with Crippen LogP contribution in [0.1, 0.15) is 5.89 Å². The lowest BCUT2D eigenvalue weighted by Crippen LogP contribution is -1.99. The average molecular weight is 318 g/mol. The molecule has 2 aromatic heterocycles. The Balaban J connectivity index is 1.70. The summed E-state index contributed by atoms with van der Waals surface area (Å²) in [5.74, 6) is 1.44. The summed E-state index contributed by atoms with van der Waals surface area (Å²) in [5, 5.41) is 4.28. The maximum Gasteiger partial charge on any atom is 0.237 e. The molecule has 0 aliphatic carbocycles. The molecule has 2 heterocycles. The van der Waals surface area contributed by atoms with E-state index in [2.05, 4.69) is 20.1 Å². The summed E-state index contributed by atoms with van der Waals surface area (Å²) in [5.41, 5.74) is 11.9. The first kappa shape index (κ1) is 14.3. The Bertz CT molecular complexity index is 771. The molecule has 0 aliphatic heterocycles. The molecular weight excluding hydrogens is 307 g/mol. The SMILES string of the molecule is Nc1cc(N)nc(SCc2nc(-c3ccc(F)cc3)no2)n1. The van der Waals surface area contributed by atoms with Crippen LogP contribution in [0.25, 0.3) is 11.4 Å². The summed E-state index contributed by atoms with van der Waals surface area (Å²) >= 11 is 1.27. The van der Waals surface area contributed by atoms with Gasteiger partial charge in [0.2, 0.25) is 11.7 Å². The van der Waals surface area contributed by atoms with Gasteiger partial charge in [-0.3, -0.25) is 0 Å². The van der Waals surface area contributed by atoms with Crippen LogP contribution < -0.4 is 11.5 Å². The van der Waals surface area contributed by atoms with E-state index in [1.54, 1.807) is 12.1 Å². The van der Waals surface area contributed by atoms with Gasteiger partial charge >= 0.3 is 0 Å². The number of aromatic nitrogens is 4. The zero-order valence-corrected chi connectivity index (χ0v) is 12.0. The van der Waals surface area contributed by atoms with E-state index in [-0.39, 0.29) is 5.82 Å². The fourth-order valence-corrected chi connectivity index (χ4v) is 2.39. The van der Waals surface area contributed by atoms with Gasteiger partial charge in [-0.1, -0.05) is 16.9 Å². The molecule has 0 saturated carbocycles. The third-order valence-corrected chi connectivity index (χ3v) is 3.47. The molecule has 0 spiro atoms. The molecule has 112 valence electrons. The zero-order valence-electron chi connectivity index (χ0n) is 11.2. The lowest BCUT2D eigenvalue weighted by molar-refractivity contribution is 0.391. The first-order valence-electron chi connectivity index (χ1n) is 6.21. The van der Waals surface area contributed by atoms with Gasteiger partial charge in [-0.15, -0.1) is 0 Å². The van der Waals surface area contributed by atoms with Crippen LogP contribution in [-0.4, -0.2) is 20.1 Å². The molecule has 3 rings (SSSR count). The van der Waals surface area contributed by atoms with Gasteiger partial charge in [0.25, 0.3) is 0 Å². The van der Waals surface area contributed by atoms with Gasteiger partial charge in [-0.05, 0) is 24.3 Å². The average Bonchev–Trinajstić information content (AvgIpc) is 2.94. The molecule has 22 heavy (non-hydrogen) atoms. The van der Waals surface area contributed by atoms with E-state index in [9.17, 15) is 4.39 Å². The van der Waals surface area contributed by atoms with E-state index < -0.39 is 0 Å². The third-order valence-electron chi connectivity index (χ3n) is 2.64. The van der Waals surface area contributed by atoms with Crippen molar-refractivity contribution in [3.63, 3.8) is 0 Å². The number of benzene rings is 1. The Morgan fingerprint density at radius 1 is 1.05 bits per heavy atom. The van der Waals surface area contributed by atoms with Crippen molar-refractivity contribution in [1.82, 2.24) is 20.1 Å². The minimum Gasteiger partial charge on any atom is -0.383 e. The molecule has 7 nitrogen and oxygen atoms in total. The van der Waals surface area contributed by atoms with E-state index in [1.807, 2.05) is 0 Å². The first-order chi connectivity index (χ1) is 10.6. The van der Waals surface area contributed by atoms with Crippen molar-refractivity contribution >= 4 is 23.4 Å². The van der Waals surface area contributed by atoms with Crippen LogP contribution in [0, 0.1) is 5.82 Å². The summed E-state index contributed by atoms with van der Waals surface area (Å²) in [6.07, 6.45) is 0. The fourth-order valence-electron chi connectivity index (χ4n) is 1.68. The lowest BCUT2D eigenvalue weighted by atomic mass is 10.2. The predicted octanol–water partition coefficient (Wildman–Crippen LogP) is 2.12. The third kappa shape index (κ3) is 3.31. The topological polar surface area (TPSA) is 117 Å². The summed E-state index contributed by atoms with van der Waals surface area (Å²) in [6, 6.07) is 7.31. The van der Waals surface area contributed by atoms with Crippen molar-refractivity contribution in [2.75, 3.05) is 11.5 Å². The largest absolute Gasteiger partial charge is 0.383 e. The summed E-state index contributed by atoms with van der Waals surface area (Å²) < 4.78 is 18.0. The van der Waals surface area contributed by atoms with Gasteiger partial charge in [0.1, 0.15) is 17.5 Å². The molecule has 0 aliphatic rings. The zero-order chi connectivity index (χ0) is 15.5. The maximum absolute atomic E-state index is 12.9. The summed E-state index contributed by atoms with van der Waals surface area (Å²) in [6.45, 7) is 0. The van der Waals surface area contributed by atoms with Gasteiger partial charge in [0.05, 0.1) is 5.75 Å². The number of thioether (sulfide) groups is 1. The van der Waals surface area contributed by atoms with Crippen molar-refractivity contribution < 1.29 is 8.91 Å². The number of halogens is 1. The minimum absolute atomic E-state index is 0.299. The van der Waals surface area contributed by atoms with E-state index in [4.69, 9.17) is 16.0 Å². The smallest absolute Gasteiger partial charge is 0.237 e. The highest BCUT2D eigenvalue weighted by Crippen LogP contribution is 2.22. The van der Waals surface area contributed by atoms with Gasteiger partial charge in [0.15, 0.2) is 5.16 Å². The van der Waals surface area contributed by atoms with Gasteiger partial charge in [-0.2, -0.15) is 4.98 Å². The maximum atomic E-state index is 12.9. The molecule has 0 fully saturated rings. The molecule has 0 unspecified atom stereocenters. The van der Waals surface area contributed by atoms with Crippen LogP contribution in [0.2, 0.25) is 0 Å². The minimum atomic E-state index is -0.320. The Hall–Kier alpha value is -2.68. The number of hydrogen-bond donors (Lipinski definition) is 2. The highest BCUT2D eigenvalue weighted by Gasteiger charge is 2.10. The van der Waals surface area contributed by atoms with Crippen LogP contribution in [0.15, 0.2) is 40.0 Å². The van der Waals surface area contributed by atoms with Gasteiger partial charge in [-0.25, -0.2) is 14.4 Å². The lowest BCUT2D eigenvalue weighted by Gasteiger charge is -2.00. The normalized spacial score (nSPS) is 10.8. The van der Waals surface area contributed by atoms with E-state index in [1.165, 1.54) is 30.0 Å². The quantitative estimate of drug-likeness (QED) is 0.555. The number of anilines is 2. The molecule has 9 heteroatoms. The Kier molecular flexibility index (Phi) is 3.88. The van der Waals surface area contributed by atoms with E-state index >= 15 is 0 Å². The first-order valence-corrected chi connectivity index (χ1v) is 7.20. The molecule has 0 saturated heterocycles. The summed E-state index contributed by atoms with van der Waals surface area (Å²) in [4.78, 5) is 12.3. The second kappa shape index (κ2) is 5.98. The van der Waals surface area contributed by atoms with Gasteiger partial charge < -0.3 is 16.0 Å². The number of nitrogen functional groups attached to an aromatic ring is 2. The Labute approximate surface area is 129 Å². The number of rotatable bonds is 4. The van der Waals surface area contributed by atoms with Crippen molar-refractivity contribution in [3.05, 3.63) is 42.0 Å². The van der Waals surface area contributed by atoms with Crippen molar-refractivity contribution in [1.29, 1.82) is 0 Å². The summed E-state index contributed by atoms with van der Waals surface area (Å²) in [7, 11) is 0. The van der Waals surface area contributed by atoms with Crippen molar-refractivity contribution in [3.8, 4) is 11.4 Å². The molecule has 0 atom stereocenters. The molecule has 1 aromatic carbocycles. The van der Waals surface area contributed by atoms with Crippen LogP contribution in [0.5, 0.6) is 0 Å². The number of nitrogens with two attached hydrogens (primary N) is 2. The Morgan fingerprint density at radius 2 is 1.73 bits per heavy atom. The number of nitrogens with zero attached hydrogens (tertiary/aromatic N) is 4. The molecule has 0 bridgehead atoms. The molecule has 0 amide bonds. The Morgan fingerprint density at radius 3 is 2.41 bits per heavy atom. The second-order valence-corrected chi connectivity index (χ2v) is 5.25. The van der Waals surface area contributed by atoms with Crippen LogP contribution in [0.4, 0.5) is 16.0 Å². The highest BCUT2D eigenvalue weighted by molar-refractivity contribution is 7.98. The standard InChI is InChI=1S/C13H11FN6OS/c14-8-3-1-7(2-4-8)12-19-11(21-20-12)6-22-13-17-9(15)5-10(16)18-13/h1-5H,6H2,(H4,15,16,17,18). The van der Waals surface area contributed by atoms with Crippen LogP contribution in [-0.2, 0) is 5.75 Å². The second-order valence-electron chi connectivity index (χ2n) is 4.31. The van der Waals surface area contributed by atoms with Gasteiger partial charge in [0, 0.05) is 11.6 Å². The highest BCUT2D eigenvalue weighted by atomic mass is 32.2. The molecule has 0 radical (unpaired) electrons. The predicted molar refractivity (Wildman–Crippen MR) is 80.1 cm³/mol. The van der Waals surface area contributed by atoms with Crippen molar-refractivity contribution in [2.24, 2.45) is 0 Å².